The molecule has 0 bridgehead atoms. The van der Waals surface area contributed by atoms with E-state index in [1.807, 2.05) is 0 Å². The molecule has 1 N–H and O–H groups in total. The molecule has 0 aromatic carbocycles. The van der Waals surface area contributed by atoms with E-state index in [-0.39, 0.29) is 6.03 Å². The minimum absolute atomic E-state index is 0.263. The maximum Gasteiger partial charge on any atom is 0.343 e. The van der Waals surface area contributed by atoms with Crippen LogP contribution >= 0.6 is 12.6 Å². The summed E-state index contributed by atoms with van der Waals surface area (Å²) in [5.74, 6) is 0. The third kappa shape index (κ3) is 3.06. The molecular formula is C7H12N4OS. The zero-order valence-corrected chi connectivity index (χ0v) is 8.29. The quantitative estimate of drug-likeness (QED) is 0.563. The van der Waals surface area contributed by atoms with Crippen molar-refractivity contribution in [2.75, 3.05) is 6.54 Å². The summed E-state index contributed by atoms with van der Waals surface area (Å²) in [5, 5.41) is 10.3. The number of carbonyl (C=O) groups is 1. The van der Waals surface area contributed by atoms with Gasteiger partial charge in [-0.1, -0.05) is 18.6 Å². The second kappa shape index (κ2) is 4.86. The number of nitrogens with one attached hydrogen (secondary N) is 1. The highest BCUT2D eigenvalue weighted by Crippen LogP contribution is 1.96. The minimum atomic E-state index is -0.263. The number of thiol groups is 1. The molecule has 6 heteroatoms. The largest absolute Gasteiger partial charge is 0.343 e. The van der Waals surface area contributed by atoms with E-state index >= 15 is 0 Å². The summed E-state index contributed by atoms with van der Waals surface area (Å²) in [5.41, 5.74) is 0. The van der Waals surface area contributed by atoms with Gasteiger partial charge in [-0.05, 0) is 6.42 Å². The highest BCUT2D eigenvalue weighted by Gasteiger charge is 2.04. The van der Waals surface area contributed by atoms with Gasteiger partial charge in [0.1, 0.15) is 5.03 Å². The molecule has 0 aliphatic carbocycles. The van der Waals surface area contributed by atoms with E-state index in [0.29, 0.717) is 11.6 Å². The average molecular weight is 200 g/mol. The molecule has 0 saturated carbocycles. The third-order valence-corrected chi connectivity index (χ3v) is 1.70. The summed E-state index contributed by atoms with van der Waals surface area (Å²) in [4.78, 5) is 11.2. The Kier molecular flexibility index (Phi) is 3.75. The molecule has 0 radical (unpaired) electrons. The van der Waals surface area contributed by atoms with Gasteiger partial charge in [0.25, 0.3) is 0 Å². The van der Waals surface area contributed by atoms with Crippen LogP contribution in [0.1, 0.15) is 19.8 Å². The molecule has 0 aliphatic heterocycles. The number of hydrogen-bond acceptors (Lipinski definition) is 4. The number of carbonyl (C=O) groups excluding carboxylic acids is 1. The predicted molar refractivity (Wildman–Crippen MR) is 51.0 cm³/mol. The van der Waals surface area contributed by atoms with Crippen molar-refractivity contribution in [2.45, 2.75) is 24.8 Å². The van der Waals surface area contributed by atoms with E-state index < -0.39 is 0 Å². The Morgan fingerprint density at radius 2 is 2.54 bits per heavy atom. The van der Waals surface area contributed by atoms with Gasteiger partial charge in [0.05, 0.1) is 6.20 Å². The lowest BCUT2D eigenvalue weighted by atomic mass is 10.3. The number of nitrogens with zero attached hydrogens (tertiary/aromatic N) is 3. The monoisotopic (exact) mass is 200 g/mol. The van der Waals surface area contributed by atoms with Crippen LogP contribution in [0.25, 0.3) is 0 Å². The first-order chi connectivity index (χ1) is 6.24. The normalized spacial score (nSPS) is 10.0. The molecule has 72 valence electrons. The van der Waals surface area contributed by atoms with E-state index in [2.05, 4.69) is 35.2 Å². The van der Waals surface area contributed by atoms with Gasteiger partial charge in [-0.25, -0.2) is 4.79 Å². The van der Waals surface area contributed by atoms with Crippen LogP contribution in [0.4, 0.5) is 4.79 Å². The zero-order valence-electron chi connectivity index (χ0n) is 7.40. The standard InChI is InChI=1S/C7H12N4OS/c1-2-3-4-8-7(12)11-5-6(13)9-10-11/h5,13H,2-4H2,1H3,(H,8,12). The molecule has 13 heavy (non-hydrogen) atoms. The first-order valence-electron chi connectivity index (χ1n) is 4.13. The molecular weight excluding hydrogens is 188 g/mol. The lowest BCUT2D eigenvalue weighted by Gasteiger charge is -2.01. The zero-order chi connectivity index (χ0) is 9.68. The fourth-order valence-corrected chi connectivity index (χ4v) is 0.957. The van der Waals surface area contributed by atoms with Crippen molar-refractivity contribution in [3.63, 3.8) is 0 Å². The van der Waals surface area contributed by atoms with Crippen molar-refractivity contribution in [3.8, 4) is 0 Å². The van der Waals surface area contributed by atoms with Gasteiger partial charge in [-0.2, -0.15) is 4.68 Å². The molecule has 1 aromatic heterocycles. The number of amides is 1. The predicted octanol–water partition coefficient (Wildman–Crippen LogP) is 0.925. The van der Waals surface area contributed by atoms with Crippen LogP contribution in [0, 0.1) is 0 Å². The molecule has 0 spiro atoms. The SMILES string of the molecule is CCCCNC(=O)n1cc(S)nn1. The molecule has 1 rings (SSSR count). The molecule has 0 atom stereocenters. The molecule has 1 heterocycles. The average Bonchev–Trinajstić information content (AvgIpc) is 2.52. The second-order valence-electron chi connectivity index (χ2n) is 2.61. The summed E-state index contributed by atoms with van der Waals surface area (Å²) in [6.07, 6.45) is 3.48. The van der Waals surface area contributed by atoms with Gasteiger partial charge in [0.2, 0.25) is 0 Å². The fourth-order valence-electron chi connectivity index (χ4n) is 0.807. The van der Waals surface area contributed by atoms with Crippen molar-refractivity contribution in [3.05, 3.63) is 6.20 Å². The highest BCUT2D eigenvalue weighted by molar-refractivity contribution is 7.80. The number of hydrogen-bond donors (Lipinski definition) is 2. The van der Waals surface area contributed by atoms with Gasteiger partial charge >= 0.3 is 6.03 Å². The first-order valence-corrected chi connectivity index (χ1v) is 4.58. The van der Waals surface area contributed by atoms with Gasteiger partial charge in [0, 0.05) is 6.54 Å². The number of unbranched alkanes of at least 4 members (excludes halogenated alkanes) is 1. The van der Waals surface area contributed by atoms with E-state index in [0.717, 1.165) is 17.5 Å². The summed E-state index contributed by atoms with van der Waals surface area (Å²) in [6.45, 7) is 2.73. The summed E-state index contributed by atoms with van der Waals surface area (Å²) in [6, 6.07) is -0.263. The number of aromatic nitrogens is 3. The van der Waals surface area contributed by atoms with Gasteiger partial charge in [-0.15, -0.1) is 17.7 Å². The molecule has 5 nitrogen and oxygen atoms in total. The van der Waals surface area contributed by atoms with Crippen LogP contribution in [0.2, 0.25) is 0 Å². The molecule has 1 aromatic rings. The smallest absolute Gasteiger partial charge is 0.336 e. The Morgan fingerprint density at radius 3 is 3.08 bits per heavy atom. The summed E-state index contributed by atoms with van der Waals surface area (Å²) >= 11 is 3.93. The van der Waals surface area contributed by atoms with Crippen LogP contribution in [0.5, 0.6) is 0 Å². The Balaban J connectivity index is 2.40. The van der Waals surface area contributed by atoms with Crippen molar-refractivity contribution >= 4 is 18.7 Å². The lowest BCUT2D eigenvalue weighted by Crippen LogP contribution is -2.29. The van der Waals surface area contributed by atoms with Crippen LogP contribution in [0.3, 0.4) is 0 Å². The maximum absolute atomic E-state index is 11.2. The van der Waals surface area contributed by atoms with Crippen LogP contribution in [0.15, 0.2) is 11.2 Å². The van der Waals surface area contributed by atoms with Crippen LogP contribution in [-0.4, -0.2) is 27.6 Å². The van der Waals surface area contributed by atoms with Gasteiger partial charge < -0.3 is 5.32 Å². The third-order valence-electron chi connectivity index (χ3n) is 1.50. The van der Waals surface area contributed by atoms with Crippen LogP contribution in [-0.2, 0) is 0 Å². The van der Waals surface area contributed by atoms with Crippen molar-refractivity contribution in [1.29, 1.82) is 0 Å². The van der Waals surface area contributed by atoms with E-state index in [1.165, 1.54) is 6.20 Å². The van der Waals surface area contributed by atoms with Crippen molar-refractivity contribution < 1.29 is 4.79 Å². The topological polar surface area (TPSA) is 59.8 Å². The molecule has 0 aliphatic rings. The first kappa shape index (κ1) is 10.0. The fraction of sp³-hybridized carbons (Fsp3) is 0.571. The van der Waals surface area contributed by atoms with Gasteiger partial charge in [0.15, 0.2) is 0 Å². The molecule has 0 unspecified atom stereocenters. The van der Waals surface area contributed by atoms with Crippen molar-refractivity contribution in [2.24, 2.45) is 0 Å². The Hall–Kier alpha value is -1.04. The molecule has 0 fully saturated rings. The summed E-state index contributed by atoms with van der Waals surface area (Å²) < 4.78 is 1.14. The van der Waals surface area contributed by atoms with Crippen molar-refractivity contribution in [1.82, 2.24) is 20.3 Å². The molecule has 0 saturated heterocycles. The van der Waals surface area contributed by atoms with E-state index in [4.69, 9.17) is 0 Å². The Bertz CT molecular complexity index is 286. The maximum atomic E-state index is 11.2. The Labute approximate surface area is 81.9 Å². The second-order valence-corrected chi connectivity index (χ2v) is 3.06. The van der Waals surface area contributed by atoms with E-state index in [1.54, 1.807) is 0 Å². The van der Waals surface area contributed by atoms with Crippen LogP contribution < -0.4 is 5.32 Å². The van der Waals surface area contributed by atoms with Gasteiger partial charge in [-0.3, -0.25) is 0 Å². The number of rotatable bonds is 3. The highest BCUT2D eigenvalue weighted by atomic mass is 32.1. The lowest BCUT2D eigenvalue weighted by molar-refractivity contribution is 0.239. The van der Waals surface area contributed by atoms with E-state index in [9.17, 15) is 4.79 Å². The summed E-state index contributed by atoms with van der Waals surface area (Å²) in [7, 11) is 0. The Morgan fingerprint density at radius 1 is 1.77 bits per heavy atom. The molecule has 1 amide bonds. The minimum Gasteiger partial charge on any atom is -0.336 e.